The van der Waals surface area contributed by atoms with Crippen molar-refractivity contribution in [3.05, 3.63) is 24.5 Å². The Kier molecular flexibility index (Phi) is 1.96. The summed E-state index contributed by atoms with van der Waals surface area (Å²) >= 11 is 0. The molecule has 0 spiro atoms. The third-order valence-corrected chi connectivity index (χ3v) is 2.23. The van der Waals surface area contributed by atoms with E-state index < -0.39 is 0 Å². The summed E-state index contributed by atoms with van der Waals surface area (Å²) in [6.07, 6.45) is 3.63. The Hall–Kier alpha value is -1.09. The number of hydrogen-bond acceptors (Lipinski definition) is 3. The Morgan fingerprint density at radius 3 is 3.00 bits per heavy atom. The van der Waals surface area contributed by atoms with Crippen molar-refractivity contribution in [1.29, 1.82) is 0 Å². The lowest BCUT2D eigenvalue weighted by Gasteiger charge is -2.39. The van der Waals surface area contributed by atoms with Crippen LogP contribution in [0.15, 0.2) is 24.5 Å². The van der Waals surface area contributed by atoms with Gasteiger partial charge in [-0.15, -0.1) is 0 Å². The van der Waals surface area contributed by atoms with Crippen LogP contribution in [0.2, 0.25) is 0 Å². The van der Waals surface area contributed by atoms with Gasteiger partial charge in [0, 0.05) is 31.8 Å². The molecule has 1 fully saturated rings. The molecule has 0 aliphatic carbocycles. The highest BCUT2D eigenvalue weighted by Gasteiger charge is 2.25. The number of pyridine rings is 1. The Balaban J connectivity index is 1.97. The molecule has 0 atom stereocenters. The molecule has 12 heavy (non-hydrogen) atoms. The molecule has 1 aromatic rings. The predicted octanol–water partition coefficient (Wildman–Crippen LogP) is 0.510. The third kappa shape index (κ3) is 1.28. The van der Waals surface area contributed by atoms with Crippen LogP contribution in [-0.4, -0.2) is 29.8 Å². The lowest BCUT2D eigenvalue weighted by atomic mass is 10.0. The fourth-order valence-electron chi connectivity index (χ4n) is 1.44. The van der Waals surface area contributed by atoms with E-state index in [9.17, 15) is 0 Å². The van der Waals surface area contributed by atoms with Crippen LogP contribution in [0.1, 0.15) is 0 Å². The van der Waals surface area contributed by atoms with Crippen LogP contribution >= 0.6 is 0 Å². The molecule has 1 aliphatic rings. The second-order valence-corrected chi connectivity index (χ2v) is 3.16. The van der Waals surface area contributed by atoms with Gasteiger partial charge in [0.15, 0.2) is 0 Å². The van der Waals surface area contributed by atoms with Crippen LogP contribution in [0.3, 0.4) is 0 Å². The van der Waals surface area contributed by atoms with Gasteiger partial charge in [0.2, 0.25) is 0 Å². The molecule has 1 saturated heterocycles. The summed E-state index contributed by atoms with van der Waals surface area (Å²) in [4.78, 5) is 6.25. The SMILES string of the molecule is OCC1CN(c2cccnc2)C1. The summed E-state index contributed by atoms with van der Waals surface area (Å²) in [6, 6.07) is 3.97. The summed E-state index contributed by atoms with van der Waals surface area (Å²) in [5.74, 6) is 0.463. The summed E-state index contributed by atoms with van der Waals surface area (Å²) in [5, 5.41) is 8.81. The quantitative estimate of drug-likeness (QED) is 0.692. The highest BCUT2D eigenvalue weighted by atomic mass is 16.3. The molecule has 1 aliphatic heterocycles. The van der Waals surface area contributed by atoms with Crippen molar-refractivity contribution in [3.8, 4) is 0 Å². The highest BCUT2D eigenvalue weighted by Crippen LogP contribution is 2.22. The van der Waals surface area contributed by atoms with Crippen molar-refractivity contribution in [1.82, 2.24) is 4.98 Å². The fourth-order valence-corrected chi connectivity index (χ4v) is 1.44. The third-order valence-electron chi connectivity index (χ3n) is 2.23. The average Bonchev–Trinajstić information content (AvgIpc) is 2.04. The molecule has 2 heterocycles. The van der Waals surface area contributed by atoms with E-state index in [0.29, 0.717) is 12.5 Å². The van der Waals surface area contributed by atoms with Gasteiger partial charge in [0.25, 0.3) is 0 Å². The molecule has 0 radical (unpaired) electrons. The lowest BCUT2D eigenvalue weighted by molar-refractivity contribution is 0.200. The molecule has 0 saturated carbocycles. The number of aromatic nitrogens is 1. The van der Waals surface area contributed by atoms with Gasteiger partial charge in [0.05, 0.1) is 11.9 Å². The zero-order valence-electron chi connectivity index (χ0n) is 6.85. The molecule has 1 N–H and O–H groups in total. The van der Waals surface area contributed by atoms with Gasteiger partial charge >= 0.3 is 0 Å². The summed E-state index contributed by atoms with van der Waals surface area (Å²) in [7, 11) is 0. The minimum Gasteiger partial charge on any atom is -0.396 e. The maximum absolute atomic E-state index is 8.81. The molecular formula is C9H12N2O. The van der Waals surface area contributed by atoms with Crippen molar-refractivity contribution in [2.24, 2.45) is 5.92 Å². The van der Waals surface area contributed by atoms with Gasteiger partial charge in [-0.1, -0.05) is 0 Å². The molecule has 64 valence electrons. The van der Waals surface area contributed by atoms with Crippen molar-refractivity contribution in [3.63, 3.8) is 0 Å². The van der Waals surface area contributed by atoms with Gasteiger partial charge in [0.1, 0.15) is 0 Å². The van der Waals surface area contributed by atoms with E-state index in [1.807, 2.05) is 18.3 Å². The maximum Gasteiger partial charge on any atom is 0.0552 e. The molecular weight excluding hydrogens is 152 g/mol. The number of anilines is 1. The minimum atomic E-state index is 0.302. The van der Waals surface area contributed by atoms with Crippen molar-refractivity contribution in [2.45, 2.75) is 0 Å². The lowest BCUT2D eigenvalue weighted by Crippen LogP contribution is -2.48. The van der Waals surface area contributed by atoms with Gasteiger partial charge in [-0.05, 0) is 12.1 Å². The van der Waals surface area contributed by atoms with E-state index in [0.717, 1.165) is 18.8 Å². The van der Waals surface area contributed by atoms with Gasteiger partial charge < -0.3 is 10.0 Å². The Morgan fingerprint density at radius 2 is 2.42 bits per heavy atom. The molecule has 2 rings (SSSR count). The van der Waals surface area contributed by atoms with Crippen LogP contribution in [0.4, 0.5) is 5.69 Å². The number of hydrogen-bond donors (Lipinski definition) is 1. The number of rotatable bonds is 2. The molecule has 0 amide bonds. The first-order valence-electron chi connectivity index (χ1n) is 4.16. The Morgan fingerprint density at radius 1 is 1.58 bits per heavy atom. The van der Waals surface area contributed by atoms with E-state index >= 15 is 0 Å². The number of aliphatic hydroxyl groups is 1. The number of aliphatic hydroxyl groups excluding tert-OH is 1. The predicted molar refractivity (Wildman–Crippen MR) is 47.0 cm³/mol. The second kappa shape index (κ2) is 3.11. The fraction of sp³-hybridized carbons (Fsp3) is 0.444. The van der Waals surface area contributed by atoms with Crippen LogP contribution in [0, 0.1) is 5.92 Å². The van der Waals surface area contributed by atoms with Gasteiger partial charge in [-0.25, -0.2) is 0 Å². The average molecular weight is 164 g/mol. The topological polar surface area (TPSA) is 36.4 Å². The minimum absolute atomic E-state index is 0.302. The van der Waals surface area contributed by atoms with Crippen molar-refractivity contribution >= 4 is 5.69 Å². The number of nitrogens with zero attached hydrogens (tertiary/aromatic N) is 2. The van der Waals surface area contributed by atoms with Crippen LogP contribution in [0.5, 0.6) is 0 Å². The molecule has 0 unspecified atom stereocenters. The van der Waals surface area contributed by atoms with E-state index in [1.165, 1.54) is 0 Å². The van der Waals surface area contributed by atoms with Crippen molar-refractivity contribution < 1.29 is 5.11 Å². The molecule has 0 bridgehead atoms. The Labute approximate surface area is 71.7 Å². The molecule has 3 nitrogen and oxygen atoms in total. The normalized spacial score (nSPS) is 17.6. The monoisotopic (exact) mass is 164 g/mol. The highest BCUT2D eigenvalue weighted by molar-refractivity contribution is 5.46. The first-order valence-corrected chi connectivity index (χ1v) is 4.16. The van der Waals surface area contributed by atoms with E-state index in [4.69, 9.17) is 5.11 Å². The standard InChI is InChI=1S/C9H12N2O/c12-7-8-5-11(6-8)9-2-1-3-10-4-9/h1-4,8,12H,5-7H2. The van der Waals surface area contributed by atoms with Crippen LogP contribution in [-0.2, 0) is 0 Å². The van der Waals surface area contributed by atoms with E-state index in [1.54, 1.807) is 6.20 Å². The smallest absolute Gasteiger partial charge is 0.0552 e. The molecule has 0 aromatic carbocycles. The zero-order chi connectivity index (χ0) is 8.39. The van der Waals surface area contributed by atoms with E-state index in [2.05, 4.69) is 9.88 Å². The maximum atomic E-state index is 8.81. The molecule has 3 heteroatoms. The summed E-state index contributed by atoms with van der Waals surface area (Å²) < 4.78 is 0. The first kappa shape index (κ1) is 7.55. The summed E-state index contributed by atoms with van der Waals surface area (Å²) in [5.41, 5.74) is 1.15. The molecule has 1 aromatic heterocycles. The van der Waals surface area contributed by atoms with Gasteiger partial charge in [-0.2, -0.15) is 0 Å². The largest absolute Gasteiger partial charge is 0.396 e. The van der Waals surface area contributed by atoms with Crippen molar-refractivity contribution in [2.75, 3.05) is 24.6 Å². The van der Waals surface area contributed by atoms with Crippen LogP contribution < -0.4 is 4.90 Å². The second-order valence-electron chi connectivity index (χ2n) is 3.16. The first-order chi connectivity index (χ1) is 5.90. The summed E-state index contributed by atoms with van der Waals surface area (Å²) in [6.45, 7) is 2.22. The van der Waals surface area contributed by atoms with E-state index in [-0.39, 0.29) is 0 Å². The Bertz CT molecular complexity index is 244. The van der Waals surface area contributed by atoms with Crippen LogP contribution in [0.25, 0.3) is 0 Å². The zero-order valence-corrected chi connectivity index (χ0v) is 6.85. The van der Waals surface area contributed by atoms with Gasteiger partial charge in [-0.3, -0.25) is 4.98 Å².